The second-order valence-corrected chi connectivity index (χ2v) is 9.42. The summed E-state index contributed by atoms with van der Waals surface area (Å²) in [6, 6.07) is 0. The predicted octanol–water partition coefficient (Wildman–Crippen LogP) is -0.141. The molecule has 1 spiro atoms. The van der Waals surface area contributed by atoms with Gasteiger partial charge in [-0.25, -0.2) is 0 Å². The fourth-order valence-electron chi connectivity index (χ4n) is 7.39. The first kappa shape index (κ1) is 16.8. The van der Waals surface area contributed by atoms with Gasteiger partial charge in [0.2, 0.25) is 0 Å². The summed E-state index contributed by atoms with van der Waals surface area (Å²) in [6.07, 6.45) is -2.91. The Kier molecular flexibility index (Phi) is 2.96. The molecule has 10 atom stereocenters. The van der Waals surface area contributed by atoms with Crippen LogP contribution in [0.1, 0.15) is 33.6 Å². The molecule has 5 rings (SSSR count). The molecule has 4 bridgehead atoms. The standard InChI is InChI=1S/C19H24O7/c1-7-4-9(20)14(23)17(2)8(7)5-10(21)19-6-25-18(3)13(19)16(24)26-15(18)11(22)12(17)19/h7-8,11-15,22-23H,4-6H2,1-3H3. The molecular weight excluding hydrogens is 340 g/mol. The number of carbonyl (C=O) groups excluding carboxylic acids is 3. The summed E-state index contributed by atoms with van der Waals surface area (Å²) in [5.74, 6) is -2.74. The monoisotopic (exact) mass is 364 g/mol. The van der Waals surface area contributed by atoms with Crippen molar-refractivity contribution < 1.29 is 34.1 Å². The zero-order valence-corrected chi connectivity index (χ0v) is 15.1. The highest BCUT2D eigenvalue weighted by atomic mass is 16.6. The Balaban J connectivity index is 1.76. The Morgan fingerprint density at radius 2 is 1.81 bits per heavy atom. The highest BCUT2D eigenvalue weighted by molar-refractivity contribution is 5.96. The number of hydrogen-bond acceptors (Lipinski definition) is 7. The lowest BCUT2D eigenvalue weighted by atomic mass is 9.39. The highest BCUT2D eigenvalue weighted by Gasteiger charge is 2.83. The van der Waals surface area contributed by atoms with Crippen LogP contribution in [0.3, 0.4) is 0 Å². The van der Waals surface area contributed by atoms with Crippen LogP contribution in [0.4, 0.5) is 0 Å². The summed E-state index contributed by atoms with van der Waals surface area (Å²) in [7, 11) is 0. The second-order valence-electron chi connectivity index (χ2n) is 9.42. The molecule has 2 saturated heterocycles. The van der Waals surface area contributed by atoms with E-state index in [0.717, 1.165) is 0 Å². The van der Waals surface area contributed by atoms with E-state index < -0.39 is 52.5 Å². The molecule has 2 N–H and O–H groups in total. The van der Waals surface area contributed by atoms with Crippen molar-refractivity contribution in [3.05, 3.63) is 0 Å². The molecule has 7 nitrogen and oxygen atoms in total. The molecule has 2 heterocycles. The van der Waals surface area contributed by atoms with Crippen LogP contribution >= 0.6 is 0 Å². The van der Waals surface area contributed by atoms with E-state index in [1.165, 1.54) is 0 Å². The van der Waals surface area contributed by atoms with Gasteiger partial charge < -0.3 is 19.7 Å². The van der Waals surface area contributed by atoms with Crippen LogP contribution in [0.2, 0.25) is 0 Å². The van der Waals surface area contributed by atoms with Gasteiger partial charge in [-0.2, -0.15) is 0 Å². The van der Waals surface area contributed by atoms with Gasteiger partial charge in [-0.3, -0.25) is 14.4 Å². The Labute approximate surface area is 151 Å². The zero-order valence-electron chi connectivity index (χ0n) is 15.1. The largest absolute Gasteiger partial charge is 0.456 e. The van der Waals surface area contributed by atoms with Crippen molar-refractivity contribution in [1.29, 1.82) is 0 Å². The Bertz CT molecular complexity index is 748. The minimum absolute atomic E-state index is 0.0257. The molecule has 0 radical (unpaired) electrons. The first-order valence-electron chi connectivity index (χ1n) is 9.36. The molecule has 0 aromatic rings. The molecule has 3 aliphatic carbocycles. The molecule has 2 aliphatic heterocycles. The normalized spacial score (nSPS) is 60.5. The summed E-state index contributed by atoms with van der Waals surface area (Å²) in [6.45, 7) is 5.45. The van der Waals surface area contributed by atoms with Gasteiger partial charge in [0.05, 0.1) is 18.1 Å². The number of esters is 1. The maximum Gasteiger partial charge on any atom is 0.313 e. The topological polar surface area (TPSA) is 110 Å². The van der Waals surface area contributed by atoms with E-state index in [2.05, 4.69) is 0 Å². The van der Waals surface area contributed by atoms with Crippen molar-refractivity contribution in [2.24, 2.45) is 34.5 Å². The maximum atomic E-state index is 13.4. The summed E-state index contributed by atoms with van der Waals surface area (Å²) < 4.78 is 11.4. The number of Topliss-reactive ketones (excluding diaryl/α,β-unsaturated/α-hetero) is 2. The molecule has 10 unspecified atom stereocenters. The number of aliphatic hydroxyl groups excluding tert-OH is 2. The summed E-state index contributed by atoms with van der Waals surface area (Å²) >= 11 is 0. The van der Waals surface area contributed by atoms with Crippen molar-refractivity contribution in [2.45, 2.75) is 57.5 Å². The predicted molar refractivity (Wildman–Crippen MR) is 85.7 cm³/mol. The van der Waals surface area contributed by atoms with Gasteiger partial charge in [-0.1, -0.05) is 13.8 Å². The third-order valence-electron chi connectivity index (χ3n) is 8.46. The van der Waals surface area contributed by atoms with E-state index in [4.69, 9.17) is 9.47 Å². The molecule has 26 heavy (non-hydrogen) atoms. The molecule has 142 valence electrons. The summed E-state index contributed by atoms with van der Waals surface area (Å²) in [5.41, 5.74) is -3.27. The van der Waals surface area contributed by atoms with Crippen molar-refractivity contribution in [3.63, 3.8) is 0 Å². The van der Waals surface area contributed by atoms with Crippen molar-refractivity contribution in [3.8, 4) is 0 Å². The minimum Gasteiger partial charge on any atom is -0.456 e. The molecule has 0 aromatic carbocycles. The Morgan fingerprint density at radius 1 is 1.12 bits per heavy atom. The fraction of sp³-hybridized carbons (Fsp3) is 0.842. The molecule has 5 fully saturated rings. The smallest absolute Gasteiger partial charge is 0.313 e. The summed E-state index contributed by atoms with van der Waals surface area (Å²) in [5, 5.41) is 22.1. The molecule has 0 amide bonds. The Morgan fingerprint density at radius 3 is 2.50 bits per heavy atom. The minimum atomic E-state index is -1.27. The quantitative estimate of drug-likeness (QED) is 0.576. The first-order chi connectivity index (χ1) is 12.1. The van der Waals surface area contributed by atoms with Crippen LogP contribution in [0.25, 0.3) is 0 Å². The highest BCUT2D eigenvalue weighted by Crippen LogP contribution is 2.71. The van der Waals surface area contributed by atoms with Gasteiger partial charge in [-0.15, -0.1) is 0 Å². The average molecular weight is 364 g/mol. The van der Waals surface area contributed by atoms with Gasteiger partial charge in [0, 0.05) is 24.2 Å². The number of hydrogen-bond donors (Lipinski definition) is 2. The number of ketones is 2. The van der Waals surface area contributed by atoms with Crippen LogP contribution in [-0.4, -0.2) is 58.3 Å². The Hall–Kier alpha value is -1.31. The van der Waals surface area contributed by atoms with Crippen LogP contribution in [-0.2, 0) is 23.9 Å². The SMILES string of the molecule is CC1CC(=O)C(O)C2(C)C1CC(=O)C13COC4(C)C(OC(=O)C41)C(O)C32. The van der Waals surface area contributed by atoms with E-state index >= 15 is 0 Å². The number of fused-ring (bicyclic) bond motifs is 2. The van der Waals surface area contributed by atoms with Crippen molar-refractivity contribution >= 4 is 17.5 Å². The lowest BCUT2D eigenvalue weighted by Crippen LogP contribution is -2.73. The van der Waals surface area contributed by atoms with E-state index in [9.17, 15) is 24.6 Å². The van der Waals surface area contributed by atoms with Gasteiger partial charge in [0.1, 0.15) is 23.4 Å². The van der Waals surface area contributed by atoms with Crippen LogP contribution in [0, 0.1) is 34.5 Å². The van der Waals surface area contributed by atoms with E-state index in [1.807, 2.05) is 6.92 Å². The maximum absolute atomic E-state index is 13.4. The molecule has 3 saturated carbocycles. The number of rotatable bonds is 0. The number of carbonyl (C=O) groups is 3. The van der Waals surface area contributed by atoms with Gasteiger partial charge in [0.15, 0.2) is 11.9 Å². The lowest BCUT2D eigenvalue weighted by Gasteiger charge is -2.62. The molecular formula is C19H24O7. The third-order valence-corrected chi connectivity index (χ3v) is 8.46. The first-order valence-corrected chi connectivity index (χ1v) is 9.36. The number of ether oxygens (including phenoxy) is 2. The molecule has 7 heteroatoms. The van der Waals surface area contributed by atoms with Crippen LogP contribution in [0.15, 0.2) is 0 Å². The van der Waals surface area contributed by atoms with E-state index in [-0.39, 0.29) is 42.9 Å². The van der Waals surface area contributed by atoms with Crippen LogP contribution in [0.5, 0.6) is 0 Å². The van der Waals surface area contributed by atoms with Gasteiger partial charge >= 0.3 is 5.97 Å². The third kappa shape index (κ3) is 1.45. The van der Waals surface area contributed by atoms with E-state index in [1.54, 1.807) is 13.8 Å². The summed E-state index contributed by atoms with van der Waals surface area (Å²) in [4.78, 5) is 38.5. The molecule has 0 aromatic heterocycles. The van der Waals surface area contributed by atoms with Gasteiger partial charge in [0.25, 0.3) is 0 Å². The van der Waals surface area contributed by atoms with Gasteiger partial charge in [-0.05, 0) is 18.8 Å². The lowest BCUT2D eigenvalue weighted by molar-refractivity contribution is -0.219. The van der Waals surface area contributed by atoms with Crippen molar-refractivity contribution in [1.82, 2.24) is 0 Å². The average Bonchev–Trinajstić information content (AvgIpc) is 2.94. The second kappa shape index (κ2) is 4.56. The van der Waals surface area contributed by atoms with Crippen LogP contribution < -0.4 is 0 Å². The number of aliphatic hydroxyl groups is 2. The zero-order chi connectivity index (χ0) is 18.8. The molecule has 5 aliphatic rings. The fourth-order valence-corrected chi connectivity index (χ4v) is 7.39. The van der Waals surface area contributed by atoms with E-state index in [0.29, 0.717) is 0 Å². The van der Waals surface area contributed by atoms with Crippen molar-refractivity contribution in [2.75, 3.05) is 6.61 Å².